The quantitative estimate of drug-likeness (QED) is 0.647. The molecule has 0 saturated heterocycles. The standard InChI is InChI=1S/C15H18N2O4/c1-9(2)12(15(20)21-3)16-8-17-13(18)10-6-4-5-7-11(10)14(17)19/h4-7,9,12,16H,8H2,1-3H3. The van der Waals surface area contributed by atoms with E-state index in [4.69, 9.17) is 4.74 Å². The number of carbonyl (C=O) groups is 3. The molecule has 1 atom stereocenters. The van der Waals surface area contributed by atoms with Gasteiger partial charge in [0.05, 0.1) is 24.9 Å². The highest BCUT2D eigenvalue weighted by atomic mass is 16.5. The molecule has 2 amide bonds. The first-order chi connectivity index (χ1) is 9.97. The van der Waals surface area contributed by atoms with Crippen molar-refractivity contribution in [3.8, 4) is 0 Å². The zero-order valence-electron chi connectivity index (χ0n) is 12.3. The summed E-state index contributed by atoms with van der Waals surface area (Å²) in [6.07, 6.45) is 0. The number of esters is 1. The van der Waals surface area contributed by atoms with Gasteiger partial charge >= 0.3 is 5.97 Å². The Morgan fingerprint density at radius 2 is 1.71 bits per heavy atom. The summed E-state index contributed by atoms with van der Waals surface area (Å²) >= 11 is 0. The fraction of sp³-hybridized carbons (Fsp3) is 0.400. The first-order valence-corrected chi connectivity index (χ1v) is 6.73. The summed E-state index contributed by atoms with van der Waals surface area (Å²) < 4.78 is 4.71. The second-order valence-electron chi connectivity index (χ2n) is 5.19. The van der Waals surface area contributed by atoms with Crippen LogP contribution in [0, 0.1) is 5.92 Å². The van der Waals surface area contributed by atoms with Crippen LogP contribution < -0.4 is 5.32 Å². The molecule has 1 aliphatic heterocycles. The molecule has 0 aromatic heterocycles. The van der Waals surface area contributed by atoms with E-state index in [1.165, 1.54) is 7.11 Å². The first-order valence-electron chi connectivity index (χ1n) is 6.73. The predicted molar refractivity (Wildman–Crippen MR) is 75.6 cm³/mol. The Labute approximate surface area is 123 Å². The van der Waals surface area contributed by atoms with Crippen molar-refractivity contribution in [3.05, 3.63) is 35.4 Å². The van der Waals surface area contributed by atoms with Gasteiger partial charge < -0.3 is 4.74 Å². The Hall–Kier alpha value is -2.21. The normalized spacial score (nSPS) is 15.3. The zero-order valence-corrected chi connectivity index (χ0v) is 12.3. The SMILES string of the molecule is COC(=O)C(NCN1C(=O)c2ccccc2C1=O)C(C)C. The Balaban J connectivity index is 2.10. The van der Waals surface area contributed by atoms with Crippen molar-refractivity contribution in [1.29, 1.82) is 0 Å². The van der Waals surface area contributed by atoms with Crippen molar-refractivity contribution >= 4 is 17.8 Å². The molecule has 1 N–H and O–H groups in total. The fourth-order valence-electron chi connectivity index (χ4n) is 2.29. The molecular formula is C15H18N2O4. The maximum atomic E-state index is 12.2. The minimum atomic E-state index is -0.570. The fourth-order valence-corrected chi connectivity index (χ4v) is 2.29. The number of ether oxygens (including phenoxy) is 1. The monoisotopic (exact) mass is 290 g/mol. The molecule has 1 unspecified atom stereocenters. The van der Waals surface area contributed by atoms with Crippen molar-refractivity contribution in [2.24, 2.45) is 5.92 Å². The third-order valence-corrected chi connectivity index (χ3v) is 3.47. The van der Waals surface area contributed by atoms with Crippen molar-refractivity contribution in [3.63, 3.8) is 0 Å². The summed E-state index contributed by atoms with van der Waals surface area (Å²) in [5.41, 5.74) is 0.784. The lowest BCUT2D eigenvalue weighted by Gasteiger charge is -2.23. The molecule has 1 heterocycles. The summed E-state index contributed by atoms with van der Waals surface area (Å²) in [5, 5.41) is 2.92. The topological polar surface area (TPSA) is 75.7 Å². The van der Waals surface area contributed by atoms with Crippen LogP contribution in [-0.2, 0) is 9.53 Å². The van der Waals surface area contributed by atoms with Gasteiger partial charge in [0.1, 0.15) is 6.04 Å². The van der Waals surface area contributed by atoms with Crippen LogP contribution in [0.25, 0.3) is 0 Å². The summed E-state index contributed by atoms with van der Waals surface area (Å²) in [6, 6.07) is 6.10. The molecule has 0 spiro atoms. The Morgan fingerprint density at radius 3 is 2.14 bits per heavy atom. The number of benzene rings is 1. The number of nitrogens with one attached hydrogen (secondary N) is 1. The third-order valence-electron chi connectivity index (χ3n) is 3.47. The highest BCUT2D eigenvalue weighted by Crippen LogP contribution is 2.21. The van der Waals surface area contributed by atoms with Crippen LogP contribution >= 0.6 is 0 Å². The van der Waals surface area contributed by atoms with E-state index in [1.54, 1.807) is 24.3 Å². The number of rotatable bonds is 5. The van der Waals surface area contributed by atoms with Gasteiger partial charge in [0.25, 0.3) is 11.8 Å². The van der Waals surface area contributed by atoms with Crippen molar-refractivity contribution in [2.45, 2.75) is 19.9 Å². The van der Waals surface area contributed by atoms with Gasteiger partial charge in [-0.05, 0) is 18.1 Å². The number of fused-ring (bicyclic) bond motifs is 1. The highest BCUT2D eigenvalue weighted by Gasteiger charge is 2.35. The number of hydrogen-bond acceptors (Lipinski definition) is 5. The molecule has 0 fully saturated rings. The van der Waals surface area contributed by atoms with E-state index in [9.17, 15) is 14.4 Å². The molecule has 112 valence electrons. The number of hydrogen-bond donors (Lipinski definition) is 1. The number of imide groups is 1. The Kier molecular flexibility index (Phi) is 4.37. The highest BCUT2D eigenvalue weighted by molar-refractivity contribution is 6.21. The van der Waals surface area contributed by atoms with Crippen LogP contribution in [0.15, 0.2) is 24.3 Å². The van der Waals surface area contributed by atoms with E-state index in [0.717, 1.165) is 4.90 Å². The molecule has 1 aromatic carbocycles. The molecule has 1 aromatic rings. The van der Waals surface area contributed by atoms with Gasteiger partial charge in [0.15, 0.2) is 0 Å². The second-order valence-corrected chi connectivity index (χ2v) is 5.19. The number of amides is 2. The minimum absolute atomic E-state index is 0.0207. The van der Waals surface area contributed by atoms with Gasteiger partial charge in [0.2, 0.25) is 0 Å². The van der Waals surface area contributed by atoms with Crippen LogP contribution in [-0.4, -0.2) is 42.5 Å². The summed E-state index contributed by atoms with van der Waals surface area (Å²) in [4.78, 5) is 37.1. The van der Waals surface area contributed by atoms with Crippen molar-refractivity contribution in [1.82, 2.24) is 10.2 Å². The first kappa shape index (κ1) is 15.2. The zero-order chi connectivity index (χ0) is 15.6. The Bertz CT molecular complexity index is 548. The smallest absolute Gasteiger partial charge is 0.323 e. The lowest BCUT2D eigenvalue weighted by atomic mass is 10.1. The van der Waals surface area contributed by atoms with Crippen LogP contribution in [0.2, 0.25) is 0 Å². The van der Waals surface area contributed by atoms with E-state index in [1.807, 2.05) is 13.8 Å². The Morgan fingerprint density at radius 1 is 1.19 bits per heavy atom. The molecule has 0 radical (unpaired) electrons. The molecular weight excluding hydrogens is 272 g/mol. The van der Waals surface area contributed by atoms with E-state index in [-0.39, 0.29) is 24.4 Å². The lowest BCUT2D eigenvalue weighted by Crippen LogP contribution is -2.48. The van der Waals surface area contributed by atoms with Crippen molar-refractivity contribution < 1.29 is 19.1 Å². The number of nitrogens with zero attached hydrogens (tertiary/aromatic N) is 1. The molecule has 0 bridgehead atoms. The molecule has 2 rings (SSSR count). The van der Waals surface area contributed by atoms with Crippen LogP contribution in [0.1, 0.15) is 34.6 Å². The van der Waals surface area contributed by atoms with Crippen molar-refractivity contribution in [2.75, 3.05) is 13.8 Å². The van der Waals surface area contributed by atoms with Crippen LogP contribution in [0.4, 0.5) is 0 Å². The summed E-state index contributed by atoms with van der Waals surface area (Å²) in [7, 11) is 1.31. The van der Waals surface area contributed by atoms with Gasteiger partial charge in [-0.25, -0.2) is 0 Å². The van der Waals surface area contributed by atoms with Gasteiger partial charge in [-0.2, -0.15) is 0 Å². The van der Waals surface area contributed by atoms with Crippen LogP contribution in [0.5, 0.6) is 0 Å². The van der Waals surface area contributed by atoms with Gasteiger partial charge in [-0.3, -0.25) is 24.6 Å². The van der Waals surface area contributed by atoms with Crippen LogP contribution in [0.3, 0.4) is 0 Å². The molecule has 21 heavy (non-hydrogen) atoms. The largest absolute Gasteiger partial charge is 0.468 e. The summed E-state index contributed by atoms with van der Waals surface area (Å²) in [5.74, 6) is -1.14. The molecule has 6 nitrogen and oxygen atoms in total. The van der Waals surface area contributed by atoms with E-state index >= 15 is 0 Å². The van der Waals surface area contributed by atoms with E-state index in [0.29, 0.717) is 11.1 Å². The second kappa shape index (κ2) is 6.05. The predicted octanol–water partition coefficient (Wildman–Crippen LogP) is 1.03. The molecule has 6 heteroatoms. The maximum Gasteiger partial charge on any atom is 0.323 e. The number of methoxy groups -OCH3 is 1. The maximum absolute atomic E-state index is 12.2. The van der Waals surface area contributed by atoms with Gasteiger partial charge in [-0.1, -0.05) is 26.0 Å². The molecule has 0 aliphatic carbocycles. The van der Waals surface area contributed by atoms with Gasteiger partial charge in [-0.15, -0.1) is 0 Å². The lowest BCUT2D eigenvalue weighted by molar-refractivity contribution is -0.144. The average Bonchev–Trinajstić information content (AvgIpc) is 2.72. The van der Waals surface area contributed by atoms with Gasteiger partial charge in [0, 0.05) is 0 Å². The third kappa shape index (κ3) is 2.80. The summed E-state index contributed by atoms with van der Waals surface area (Å²) in [6.45, 7) is 3.69. The molecule has 1 aliphatic rings. The van der Waals surface area contributed by atoms with E-state index in [2.05, 4.69) is 5.32 Å². The average molecular weight is 290 g/mol. The number of carbonyl (C=O) groups excluding carboxylic acids is 3. The minimum Gasteiger partial charge on any atom is -0.468 e. The molecule has 0 saturated carbocycles. The van der Waals surface area contributed by atoms with E-state index < -0.39 is 12.0 Å².